The minimum Gasteiger partial charge on any atom is -0.397 e. The third kappa shape index (κ3) is 2.91. The summed E-state index contributed by atoms with van der Waals surface area (Å²) in [5.74, 6) is 2.63. The molecule has 13 nitrogen and oxygen atoms in total. The lowest BCUT2D eigenvalue weighted by molar-refractivity contribution is 0.0541. The number of nitrogens with zero attached hydrogens (tertiary/aromatic N) is 1. The van der Waals surface area contributed by atoms with Crippen molar-refractivity contribution in [2.24, 2.45) is 5.84 Å². The highest BCUT2D eigenvalue weighted by Crippen LogP contribution is 2.37. The minimum absolute atomic E-state index is 0.133. The molecule has 0 aromatic heterocycles. The zero-order valence-corrected chi connectivity index (χ0v) is 15.2. The van der Waals surface area contributed by atoms with Gasteiger partial charge in [0.25, 0.3) is 21.9 Å². The molecule has 0 saturated heterocycles. The van der Waals surface area contributed by atoms with Gasteiger partial charge in [0.15, 0.2) is 10.7 Å². The van der Waals surface area contributed by atoms with Gasteiger partial charge in [-0.1, -0.05) is 0 Å². The second-order valence-corrected chi connectivity index (χ2v) is 7.93. The monoisotopic (exact) mass is 429 g/mol. The number of imide groups is 1. The largest absolute Gasteiger partial charge is 0.397 e. The van der Waals surface area contributed by atoms with Crippen molar-refractivity contribution in [1.82, 2.24) is 15.9 Å². The number of thiol groups is 1. The number of hydrogen-bond donors (Lipinski definition) is 6. The van der Waals surface area contributed by atoms with Crippen LogP contribution in [-0.4, -0.2) is 44.2 Å². The van der Waals surface area contributed by atoms with Crippen LogP contribution < -0.4 is 22.4 Å². The van der Waals surface area contributed by atoms with Crippen LogP contribution in [0.5, 0.6) is 0 Å². The highest BCUT2D eigenvalue weighted by molar-refractivity contribution is 7.85. The van der Waals surface area contributed by atoms with Crippen LogP contribution in [0.3, 0.4) is 0 Å². The molecule has 0 fully saturated rings. The molecule has 28 heavy (non-hydrogen) atoms. The number of amides is 4. The SMILES string of the molecule is NNC(=O)NN1C(=O)c2cc(S(=O)(=O)O)cc3c(N)c([SH](=O)=O)cc(c23)C1=O. The van der Waals surface area contributed by atoms with Crippen molar-refractivity contribution < 1.29 is 35.8 Å². The Kier molecular flexibility index (Phi) is 4.46. The van der Waals surface area contributed by atoms with Crippen molar-refractivity contribution in [2.75, 3.05) is 5.73 Å². The quantitative estimate of drug-likeness (QED) is 0.0619. The lowest BCUT2D eigenvalue weighted by atomic mass is 9.93. The van der Waals surface area contributed by atoms with Gasteiger partial charge in [-0.25, -0.2) is 24.5 Å². The van der Waals surface area contributed by atoms with E-state index in [1.807, 2.05) is 5.43 Å². The minimum atomic E-state index is -4.83. The molecule has 0 radical (unpaired) electrons. The van der Waals surface area contributed by atoms with Gasteiger partial charge >= 0.3 is 6.03 Å². The number of hydrazine groups is 2. The summed E-state index contributed by atoms with van der Waals surface area (Å²) in [5, 5.41) is -0.168. The second-order valence-electron chi connectivity index (χ2n) is 5.51. The van der Waals surface area contributed by atoms with Crippen molar-refractivity contribution in [1.29, 1.82) is 0 Å². The summed E-state index contributed by atoms with van der Waals surface area (Å²) in [5.41, 5.74) is 8.08. The number of rotatable bonds is 3. The Bertz CT molecular complexity index is 1260. The average Bonchev–Trinajstić information content (AvgIpc) is 2.62. The molecule has 0 aliphatic carbocycles. The van der Waals surface area contributed by atoms with Crippen molar-refractivity contribution in [3.63, 3.8) is 0 Å². The molecule has 15 heteroatoms. The van der Waals surface area contributed by atoms with Crippen molar-refractivity contribution in [3.05, 3.63) is 29.3 Å². The Morgan fingerprint density at radius 3 is 2.18 bits per heavy atom. The second kappa shape index (κ2) is 6.41. The van der Waals surface area contributed by atoms with E-state index in [0.29, 0.717) is 0 Å². The molecule has 0 bridgehead atoms. The van der Waals surface area contributed by atoms with Crippen molar-refractivity contribution in [3.8, 4) is 0 Å². The first kappa shape index (κ1) is 19.5. The molecule has 0 spiro atoms. The van der Waals surface area contributed by atoms with E-state index in [2.05, 4.69) is 0 Å². The smallest absolute Gasteiger partial charge is 0.348 e. The Morgan fingerprint density at radius 1 is 1.11 bits per heavy atom. The topological polar surface area (TPSA) is 219 Å². The van der Waals surface area contributed by atoms with Crippen LogP contribution in [0, 0.1) is 0 Å². The lowest BCUT2D eigenvalue weighted by Gasteiger charge is -2.27. The Morgan fingerprint density at radius 2 is 1.68 bits per heavy atom. The molecule has 0 atom stereocenters. The molecule has 2 aromatic carbocycles. The molecule has 1 heterocycles. The van der Waals surface area contributed by atoms with Crippen molar-refractivity contribution >= 4 is 55.1 Å². The lowest BCUT2D eigenvalue weighted by Crippen LogP contribution is -2.55. The summed E-state index contributed by atoms with van der Waals surface area (Å²) in [6.07, 6.45) is 0. The van der Waals surface area contributed by atoms with Gasteiger partial charge in [-0.15, -0.1) is 0 Å². The predicted octanol–water partition coefficient (Wildman–Crippen LogP) is -1.68. The van der Waals surface area contributed by atoms with Crippen LogP contribution in [0.15, 0.2) is 28.0 Å². The fraction of sp³-hybridized carbons (Fsp3) is 0. The number of nitrogens with two attached hydrogens (primary N) is 2. The number of nitrogens with one attached hydrogen (secondary N) is 2. The summed E-state index contributed by atoms with van der Waals surface area (Å²) >= 11 is 0. The molecular formula is C13H11N5O8S2. The van der Waals surface area contributed by atoms with E-state index in [1.165, 1.54) is 0 Å². The Hall–Kier alpha value is -3.27. The maximum atomic E-state index is 12.7. The van der Waals surface area contributed by atoms with Crippen LogP contribution in [0.2, 0.25) is 0 Å². The standard InChI is InChI=1S/C13H11N5O8S2/c14-10-5-1-4(28(24,25)26)2-6-9(5)7(3-8(10)27(22)23)12(20)18(11(6)19)17-13(21)16-15/h1-3,27H,14-15H2,(H2,16,17,21)(H,24,25,26). The van der Waals surface area contributed by atoms with E-state index >= 15 is 0 Å². The molecule has 2 aromatic rings. The molecule has 1 aliphatic rings. The van der Waals surface area contributed by atoms with Crippen LogP contribution in [-0.2, 0) is 20.8 Å². The fourth-order valence-corrected chi connectivity index (χ4v) is 3.83. The van der Waals surface area contributed by atoms with Crippen LogP contribution in [0.4, 0.5) is 10.5 Å². The molecule has 7 N–H and O–H groups in total. The van der Waals surface area contributed by atoms with Gasteiger partial charge in [0.1, 0.15) is 0 Å². The van der Waals surface area contributed by atoms with Crippen molar-refractivity contribution in [2.45, 2.75) is 9.79 Å². The molecular weight excluding hydrogens is 418 g/mol. The van der Waals surface area contributed by atoms with E-state index in [-0.39, 0.29) is 21.3 Å². The predicted molar refractivity (Wildman–Crippen MR) is 93.1 cm³/mol. The van der Waals surface area contributed by atoms with E-state index in [1.54, 1.807) is 5.43 Å². The maximum Gasteiger partial charge on any atom is 0.348 e. The third-order valence-electron chi connectivity index (χ3n) is 3.93. The molecule has 148 valence electrons. The summed E-state index contributed by atoms with van der Waals surface area (Å²) in [6, 6.07) is 1.34. The first-order chi connectivity index (χ1) is 13.0. The maximum absolute atomic E-state index is 12.7. The van der Waals surface area contributed by atoms with E-state index < -0.39 is 59.7 Å². The van der Waals surface area contributed by atoms with Gasteiger partial charge in [-0.05, 0) is 18.2 Å². The van der Waals surface area contributed by atoms with E-state index in [0.717, 1.165) is 18.2 Å². The zero-order valence-electron chi connectivity index (χ0n) is 13.5. The van der Waals surface area contributed by atoms with E-state index in [9.17, 15) is 35.8 Å². The molecule has 0 saturated carbocycles. The van der Waals surface area contributed by atoms with Crippen LogP contribution in [0.1, 0.15) is 20.7 Å². The number of carbonyl (C=O) groups is 3. The molecule has 4 amide bonds. The van der Waals surface area contributed by atoms with Gasteiger partial charge in [0.2, 0.25) is 0 Å². The summed E-state index contributed by atoms with van der Waals surface area (Å²) in [6.45, 7) is 0. The zero-order chi connectivity index (χ0) is 21.0. The number of nitrogen functional groups attached to an aromatic ring is 1. The summed E-state index contributed by atoms with van der Waals surface area (Å²) in [7, 11) is -8.14. The third-order valence-corrected chi connectivity index (χ3v) is 5.53. The molecule has 0 unspecified atom stereocenters. The van der Waals surface area contributed by atoms with Crippen LogP contribution in [0.25, 0.3) is 10.8 Å². The van der Waals surface area contributed by atoms with Gasteiger partial charge in [-0.3, -0.25) is 19.6 Å². The van der Waals surface area contributed by atoms with Gasteiger partial charge in [0, 0.05) is 10.8 Å². The summed E-state index contributed by atoms with van der Waals surface area (Å²) in [4.78, 5) is 35.5. The average molecular weight is 429 g/mol. The molecule has 1 aliphatic heterocycles. The highest BCUT2D eigenvalue weighted by Gasteiger charge is 2.37. The van der Waals surface area contributed by atoms with Crippen LogP contribution >= 0.6 is 0 Å². The van der Waals surface area contributed by atoms with Gasteiger partial charge in [-0.2, -0.15) is 13.4 Å². The highest BCUT2D eigenvalue weighted by atomic mass is 32.2. The van der Waals surface area contributed by atoms with Gasteiger partial charge in [0.05, 0.1) is 26.6 Å². The fourth-order valence-electron chi connectivity index (χ4n) is 2.75. The Balaban J connectivity index is 2.46. The first-order valence-electron chi connectivity index (χ1n) is 7.15. The first-order valence-corrected chi connectivity index (χ1v) is 9.77. The number of carbonyl (C=O) groups excluding carboxylic acids is 3. The summed E-state index contributed by atoms with van der Waals surface area (Å²) < 4.78 is 55.5. The molecule has 3 rings (SSSR count). The number of hydrogen-bond acceptors (Lipinski definition) is 9. The Labute approximate surface area is 157 Å². The number of benzene rings is 2. The van der Waals surface area contributed by atoms with Gasteiger partial charge < -0.3 is 5.73 Å². The number of urea groups is 1. The van der Waals surface area contributed by atoms with E-state index in [4.69, 9.17) is 11.6 Å². The normalized spacial score (nSPS) is 13.9. The number of anilines is 1.